The maximum atomic E-state index is 13.5. The molecule has 1 atom stereocenters. The number of hydrogen-bond donors (Lipinski definition) is 2. The molecule has 0 saturated heterocycles. The van der Waals surface area contributed by atoms with E-state index in [0.717, 1.165) is 6.07 Å². The van der Waals surface area contributed by atoms with Gasteiger partial charge in [-0.2, -0.15) is 18.4 Å². The van der Waals surface area contributed by atoms with E-state index in [0.29, 0.717) is 16.9 Å². The van der Waals surface area contributed by atoms with Gasteiger partial charge in [0.1, 0.15) is 23.2 Å². The lowest BCUT2D eigenvalue weighted by Gasteiger charge is -2.14. The lowest BCUT2D eigenvalue weighted by molar-refractivity contribution is -0.138. The Labute approximate surface area is 180 Å². The number of hydrogen-bond acceptors (Lipinski definition) is 6. The summed E-state index contributed by atoms with van der Waals surface area (Å²) < 4.78 is 45.7. The monoisotopic (exact) mass is 438 g/mol. The summed E-state index contributed by atoms with van der Waals surface area (Å²) >= 11 is 0. The molecule has 0 aliphatic rings. The van der Waals surface area contributed by atoms with Crippen LogP contribution in [-0.4, -0.2) is 26.5 Å². The van der Waals surface area contributed by atoms with Crippen molar-refractivity contribution in [3.63, 3.8) is 0 Å². The third-order valence-corrected chi connectivity index (χ3v) is 4.81. The first-order chi connectivity index (χ1) is 15.3. The molecule has 10 heteroatoms. The summed E-state index contributed by atoms with van der Waals surface area (Å²) in [5.74, 6) is 0.114. The number of fused-ring (bicyclic) bond motifs is 1. The Morgan fingerprint density at radius 2 is 2.03 bits per heavy atom. The number of pyridine rings is 2. The molecule has 0 fully saturated rings. The van der Waals surface area contributed by atoms with Crippen molar-refractivity contribution in [3.05, 3.63) is 71.4 Å². The Hall–Kier alpha value is -3.97. The lowest BCUT2D eigenvalue weighted by atomic mass is 10.1. The molecule has 32 heavy (non-hydrogen) atoms. The summed E-state index contributed by atoms with van der Waals surface area (Å²) in [7, 11) is 0. The molecule has 1 aromatic carbocycles. The van der Waals surface area contributed by atoms with Gasteiger partial charge in [0, 0.05) is 18.0 Å². The van der Waals surface area contributed by atoms with Gasteiger partial charge in [0.05, 0.1) is 29.4 Å². The van der Waals surface area contributed by atoms with Crippen LogP contribution in [0, 0.1) is 11.3 Å². The second-order valence-corrected chi connectivity index (χ2v) is 6.89. The number of nitrogens with zero attached hydrogens (tertiary/aromatic N) is 4. The number of alkyl halides is 3. The highest BCUT2D eigenvalue weighted by Gasteiger charge is 2.35. The summed E-state index contributed by atoms with van der Waals surface area (Å²) in [6.45, 7) is 1.70. The summed E-state index contributed by atoms with van der Waals surface area (Å²) in [5.41, 5.74) is 7.12. The molecular formula is C22H17F3N6O. The third-order valence-electron chi connectivity index (χ3n) is 4.81. The van der Waals surface area contributed by atoms with Gasteiger partial charge < -0.3 is 15.5 Å². The Kier molecular flexibility index (Phi) is 5.50. The average Bonchev–Trinajstić information content (AvgIpc) is 3.22. The molecule has 3 aromatic heterocycles. The lowest BCUT2D eigenvalue weighted by Crippen LogP contribution is -2.13. The molecule has 162 valence electrons. The molecule has 0 radical (unpaired) electrons. The SMILES string of the molecule is CCOc1ccc(-c2cc3[nH]c(C(N)c4cccnc4)nc3c(C#N)n2)cc1C(F)(F)F. The second kappa shape index (κ2) is 8.28. The highest BCUT2D eigenvalue weighted by atomic mass is 19.4. The first-order valence-corrected chi connectivity index (χ1v) is 9.62. The average molecular weight is 438 g/mol. The van der Waals surface area contributed by atoms with Crippen molar-refractivity contribution < 1.29 is 17.9 Å². The number of benzene rings is 1. The number of ether oxygens (including phenoxy) is 1. The molecule has 3 N–H and O–H groups in total. The number of H-pyrrole nitrogens is 1. The number of aromatic nitrogens is 4. The topological polar surface area (TPSA) is 113 Å². The molecule has 0 bridgehead atoms. The van der Waals surface area contributed by atoms with Crippen LogP contribution in [0.1, 0.15) is 35.6 Å². The van der Waals surface area contributed by atoms with E-state index in [-0.39, 0.29) is 34.8 Å². The van der Waals surface area contributed by atoms with Gasteiger partial charge >= 0.3 is 6.18 Å². The molecule has 0 saturated carbocycles. The van der Waals surface area contributed by atoms with Crippen molar-refractivity contribution in [2.24, 2.45) is 5.73 Å². The number of halogens is 3. The van der Waals surface area contributed by atoms with Crippen LogP contribution in [-0.2, 0) is 6.18 Å². The fourth-order valence-electron chi connectivity index (χ4n) is 3.32. The zero-order chi connectivity index (χ0) is 22.9. The quantitative estimate of drug-likeness (QED) is 0.479. The van der Waals surface area contributed by atoms with Crippen LogP contribution in [0.4, 0.5) is 13.2 Å². The summed E-state index contributed by atoms with van der Waals surface area (Å²) in [4.78, 5) is 15.7. The fourth-order valence-corrected chi connectivity index (χ4v) is 3.32. The van der Waals surface area contributed by atoms with E-state index in [1.165, 1.54) is 12.1 Å². The number of nitrogens with one attached hydrogen (secondary N) is 1. The van der Waals surface area contributed by atoms with Crippen LogP contribution in [0.25, 0.3) is 22.3 Å². The zero-order valence-electron chi connectivity index (χ0n) is 16.8. The first kappa shape index (κ1) is 21.3. The molecule has 4 rings (SSSR count). The predicted octanol–water partition coefficient (Wildman–Crippen LogP) is 4.36. The number of imidazole rings is 1. The summed E-state index contributed by atoms with van der Waals surface area (Å²) in [6.07, 6.45) is -1.39. The minimum atomic E-state index is -4.61. The Morgan fingerprint density at radius 1 is 1.22 bits per heavy atom. The first-order valence-electron chi connectivity index (χ1n) is 9.62. The smallest absolute Gasteiger partial charge is 0.419 e. The van der Waals surface area contributed by atoms with Gasteiger partial charge in [0.2, 0.25) is 0 Å². The molecule has 3 heterocycles. The maximum Gasteiger partial charge on any atom is 0.419 e. The molecule has 1 unspecified atom stereocenters. The van der Waals surface area contributed by atoms with Crippen molar-refractivity contribution >= 4 is 11.0 Å². The van der Waals surface area contributed by atoms with E-state index in [1.54, 1.807) is 37.5 Å². The van der Waals surface area contributed by atoms with Crippen LogP contribution in [0.3, 0.4) is 0 Å². The molecule has 0 spiro atoms. The Bertz CT molecular complexity index is 1310. The predicted molar refractivity (Wildman–Crippen MR) is 110 cm³/mol. The third kappa shape index (κ3) is 3.98. The van der Waals surface area contributed by atoms with Gasteiger partial charge in [-0.05, 0) is 42.8 Å². The van der Waals surface area contributed by atoms with Crippen molar-refractivity contribution in [3.8, 4) is 23.1 Å². The summed E-state index contributed by atoms with van der Waals surface area (Å²) in [5, 5.41) is 9.56. The van der Waals surface area contributed by atoms with E-state index in [4.69, 9.17) is 10.5 Å². The van der Waals surface area contributed by atoms with E-state index in [9.17, 15) is 18.4 Å². The second-order valence-electron chi connectivity index (χ2n) is 6.89. The maximum absolute atomic E-state index is 13.5. The number of nitriles is 1. The number of aromatic amines is 1. The number of nitrogens with two attached hydrogens (primary N) is 1. The highest BCUT2D eigenvalue weighted by Crippen LogP contribution is 2.39. The zero-order valence-corrected chi connectivity index (χ0v) is 16.8. The van der Waals surface area contributed by atoms with Gasteiger partial charge in [-0.15, -0.1) is 0 Å². The number of rotatable bonds is 5. The van der Waals surface area contributed by atoms with E-state index >= 15 is 0 Å². The van der Waals surface area contributed by atoms with Gasteiger partial charge in [0.25, 0.3) is 0 Å². The van der Waals surface area contributed by atoms with Gasteiger partial charge in [-0.3, -0.25) is 4.98 Å². The van der Waals surface area contributed by atoms with E-state index in [2.05, 4.69) is 19.9 Å². The van der Waals surface area contributed by atoms with Crippen LogP contribution < -0.4 is 10.5 Å². The molecule has 0 aliphatic heterocycles. The van der Waals surface area contributed by atoms with Gasteiger partial charge in [-0.1, -0.05) is 6.07 Å². The molecule has 0 amide bonds. The molecule has 0 aliphatic carbocycles. The van der Waals surface area contributed by atoms with Crippen LogP contribution in [0.5, 0.6) is 5.75 Å². The minimum Gasteiger partial charge on any atom is -0.493 e. The van der Waals surface area contributed by atoms with Crippen molar-refractivity contribution in [1.82, 2.24) is 19.9 Å². The largest absolute Gasteiger partial charge is 0.493 e. The van der Waals surface area contributed by atoms with Crippen LogP contribution >= 0.6 is 0 Å². The van der Waals surface area contributed by atoms with Crippen molar-refractivity contribution in [2.45, 2.75) is 19.1 Å². The van der Waals surface area contributed by atoms with Gasteiger partial charge in [-0.25, -0.2) is 9.97 Å². The van der Waals surface area contributed by atoms with E-state index < -0.39 is 17.8 Å². The van der Waals surface area contributed by atoms with Crippen molar-refractivity contribution in [1.29, 1.82) is 5.26 Å². The fraction of sp³-hybridized carbons (Fsp3) is 0.182. The van der Waals surface area contributed by atoms with E-state index in [1.807, 2.05) is 6.07 Å². The standard InChI is InChI=1S/C22H17F3N6O/c1-2-32-18-6-5-12(8-14(18)22(23,24)25)15-9-16-20(17(10-26)29-15)31-21(30-16)19(27)13-4-3-7-28-11-13/h3-9,11,19H,2,27H2,1H3,(H,30,31). The molecule has 7 nitrogen and oxygen atoms in total. The molecule has 4 aromatic rings. The minimum absolute atomic E-state index is 0.0270. The van der Waals surface area contributed by atoms with Crippen LogP contribution in [0.2, 0.25) is 0 Å². The highest BCUT2D eigenvalue weighted by molar-refractivity contribution is 5.84. The Balaban J connectivity index is 1.82. The Morgan fingerprint density at radius 3 is 2.69 bits per heavy atom. The normalized spacial score (nSPS) is 12.5. The van der Waals surface area contributed by atoms with Crippen molar-refractivity contribution in [2.75, 3.05) is 6.61 Å². The molecular weight excluding hydrogens is 421 g/mol. The summed E-state index contributed by atoms with van der Waals surface area (Å²) in [6, 6.07) is 10.1. The van der Waals surface area contributed by atoms with Gasteiger partial charge in [0.15, 0.2) is 5.69 Å². The van der Waals surface area contributed by atoms with Crippen LogP contribution in [0.15, 0.2) is 48.8 Å².